The number of anilines is 1. The Morgan fingerprint density at radius 1 is 0.871 bits per heavy atom. The summed E-state index contributed by atoms with van der Waals surface area (Å²) in [5, 5.41) is 2.89. The molecule has 0 unspecified atom stereocenters. The fourth-order valence-corrected chi connectivity index (χ4v) is 3.43. The minimum Gasteiger partial charge on any atom is -0.465 e. The third kappa shape index (κ3) is 4.02. The van der Waals surface area contributed by atoms with Crippen LogP contribution in [0.3, 0.4) is 0 Å². The van der Waals surface area contributed by atoms with E-state index in [1.54, 1.807) is 24.5 Å². The molecule has 31 heavy (non-hydrogen) atoms. The maximum atomic E-state index is 12.3. The van der Waals surface area contributed by atoms with Crippen LogP contribution in [0.25, 0.3) is 34.1 Å². The van der Waals surface area contributed by atoms with E-state index in [0.29, 0.717) is 17.1 Å². The molecule has 150 valence electrons. The Labute approximate surface area is 179 Å². The molecule has 0 aliphatic carbocycles. The van der Waals surface area contributed by atoms with Gasteiger partial charge in [-0.3, -0.25) is 4.79 Å². The van der Waals surface area contributed by atoms with Crippen molar-refractivity contribution in [2.24, 2.45) is 0 Å². The third-order valence-electron chi connectivity index (χ3n) is 4.97. The van der Waals surface area contributed by atoms with Crippen molar-refractivity contribution >= 4 is 23.3 Å². The molecule has 0 bridgehead atoms. The van der Waals surface area contributed by atoms with E-state index in [1.165, 1.54) is 11.6 Å². The Bertz CT molecular complexity index is 1350. The molecule has 5 aromatic rings. The van der Waals surface area contributed by atoms with Crippen LogP contribution in [0, 0.1) is 0 Å². The lowest BCUT2D eigenvalue weighted by atomic mass is 10.0. The summed E-state index contributed by atoms with van der Waals surface area (Å²) in [5.41, 5.74) is 5.51. The van der Waals surface area contributed by atoms with Crippen molar-refractivity contribution in [3.05, 3.63) is 109 Å². The topological polar surface area (TPSA) is 59.5 Å². The average Bonchev–Trinajstić information content (AvgIpc) is 3.49. The molecule has 0 aliphatic heterocycles. The first-order valence-electron chi connectivity index (χ1n) is 9.92. The predicted molar refractivity (Wildman–Crippen MR) is 122 cm³/mol. The van der Waals surface area contributed by atoms with E-state index >= 15 is 0 Å². The van der Waals surface area contributed by atoms with Gasteiger partial charge in [0, 0.05) is 24.0 Å². The number of fused-ring (bicyclic) bond motifs is 1. The Hall–Kier alpha value is -4.38. The summed E-state index contributed by atoms with van der Waals surface area (Å²) in [4.78, 5) is 17.1. The number of aromatic nitrogens is 2. The Balaban J connectivity index is 1.40. The van der Waals surface area contributed by atoms with Crippen LogP contribution in [0.1, 0.15) is 5.76 Å². The van der Waals surface area contributed by atoms with E-state index in [9.17, 15) is 4.79 Å². The van der Waals surface area contributed by atoms with Crippen LogP contribution in [0.4, 0.5) is 5.69 Å². The van der Waals surface area contributed by atoms with Crippen molar-refractivity contribution in [3.63, 3.8) is 0 Å². The molecule has 5 rings (SSSR count). The average molecular weight is 405 g/mol. The summed E-state index contributed by atoms with van der Waals surface area (Å²) in [6.45, 7) is 0. The quantitative estimate of drug-likeness (QED) is 0.370. The number of hydrogen-bond acceptors (Lipinski definition) is 3. The highest BCUT2D eigenvalue weighted by Crippen LogP contribution is 2.26. The molecular formula is C26H19N3O2. The maximum Gasteiger partial charge on any atom is 0.248 e. The fraction of sp³-hybridized carbons (Fsp3) is 0. The number of amides is 1. The van der Waals surface area contributed by atoms with E-state index < -0.39 is 0 Å². The minimum atomic E-state index is -0.249. The number of imidazole rings is 1. The Kier molecular flexibility index (Phi) is 4.91. The molecule has 0 aliphatic rings. The van der Waals surface area contributed by atoms with Gasteiger partial charge >= 0.3 is 0 Å². The van der Waals surface area contributed by atoms with E-state index in [1.807, 2.05) is 47.1 Å². The van der Waals surface area contributed by atoms with E-state index in [0.717, 1.165) is 16.8 Å². The highest BCUT2D eigenvalue weighted by Gasteiger charge is 2.10. The molecule has 0 fully saturated rings. The first-order valence-corrected chi connectivity index (χ1v) is 9.92. The zero-order chi connectivity index (χ0) is 21.0. The summed E-state index contributed by atoms with van der Waals surface area (Å²) < 4.78 is 7.12. The second-order valence-corrected chi connectivity index (χ2v) is 7.06. The van der Waals surface area contributed by atoms with Crippen LogP contribution < -0.4 is 5.32 Å². The summed E-state index contributed by atoms with van der Waals surface area (Å²) in [6.07, 6.45) is 8.51. The first-order chi connectivity index (χ1) is 15.3. The maximum absolute atomic E-state index is 12.3. The van der Waals surface area contributed by atoms with Crippen molar-refractivity contribution in [3.8, 4) is 22.4 Å². The monoisotopic (exact) mass is 405 g/mol. The van der Waals surface area contributed by atoms with Crippen molar-refractivity contribution in [2.75, 3.05) is 5.32 Å². The van der Waals surface area contributed by atoms with E-state index in [4.69, 9.17) is 9.40 Å². The third-order valence-corrected chi connectivity index (χ3v) is 4.97. The lowest BCUT2D eigenvalue weighted by molar-refractivity contribution is -0.111. The molecular weight excluding hydrogens is 386 g/mol. The van der Waals surface area contributed by atoms with Gasteiger partial charge in [0.05, 0.1) is 17.6 Å². The zero-order valence-corrected chi connectivity index (χ0v) is 16.6. The molecule has 3 aromatic heterocycles. The van der Waals surface area contributed by atoms with E-state index in [2.05, 4.69) is 41.7 Å². The molecule has 0 atom stereocenters. The largest absolute Gasteiger partial charge is 0.465 e. The molecule has 3 heterocycles. The minimum absolute atomic E-state index is 0.249. The summed E-state index contributed by atoms with van der Waals surface area (Å²) in [7, 11) is 0. The predicted octanol–water partition coefficient (Wildman–Crippen LogP) is 5.91. The highest BCUT2D eigenvalue weighted by molar-refractivity contribution is 6.03. The lowest BCUT2D eigenvalue weighted by Gasteiger charge is -2.03. The van der Waals surface area contributed by atoms with Crippen LogP contribution >= 0.6 is 0 Å². The number of pyridine rings is 1. The number of hydrogen-bond donors (Lipinski definition) is 1. The van der Waals surface area contributed by atoms with Crippen molar-refractivity contribution in [1.29, 1.82) is 0 Å². The number of rotatable bonds is 5. The van der Waals surface area contributed by atoms with Gasteiger partial charge in [0.15, 0.2) is 5.65 Å². The second-order valence-electron chi connectivity index (χ2n) is 7.06. The summed E-state index contributed by atoms with van der Waals surface area (Å²) in [5.74, 6) is 0.372. The van der Waals surface area contributed by atoms with Gasteiger partial charge in [-0.15, -0.1) is 0 Å². The SMILES string of the molecule is O=C(/C=C/c1ccco1)Nc1cccn2cc(-c3ccc(-c4ccccc4)cc3)nc12. The van der Waals surface area contributed by atoms with Crippen LogP contribution in [0.5, 0.6) is 0 Å². The molecule has 0 spiro atoms. The summed E-state index contributed by atoms with van der Waals surface area (Å²) >= 11 is 0. The normalized spacial score (nSPS) is 11.2. The van der Waals surface area contributed by atoms with Gasteiger partial charge in [0.25, 0.3) is 0 Å². The Morgan fingerprint density at radius 3 is 2.42 bits per heavy atom. The fourth-order valence-electron chi connectivity index (χ4n) is 3.43. The van der Waals surface area contributed by atoms with Crippen LogP contribution in [0.15, 0.2) is 108 Å². The lowest BCUT2D eigenvalue weighted by Crippen LogP contribution is -2.08. The first kappa shape index (κ1) is 18.6. The van der Waals surface area contributed by atoms with Crippen LogP contribution in [0.2, 0.25) is 0 Å². The molecule has 5 nitrogen and oxygen atoms in total. The van der Waals surface area contributed by atoms with Crippen molar-refractivity contribution < 1.29 is 9.21 Å². The van der Waals surface area contributed by atoms with Gasteiger partial charge in [-0.2, -0.15) is 0 Å². The number of nitrogens with zero attached hydrogens (tertiary/aromatic N) is 2. The number of nitrogens with one attached hydrogen (secondary N) is 1. The van der Waals surface area contributed by atoms with Crippen LogP contribution in [-0.2, 0) is 4.79 Å². The smallest absolute Gasteiger partial charge is 0.248 e. The van der Waals surface area contributed by atoms with Gasteiger partial charge in [-0.1, -0.05) is 54.6 Å². The van der Waals surface area contributed by atoms with Crippen molar-refractivity contribution in [2.45, 2.75) is 0 Å². The van der Waals surface area contributed by atoms with Gasteiger partial charge in [0.2, 0.25) is 5.91 Å². The molecule has 1 N–H and O–H groups in total. The molecule has 0 radical (unpaired) electrons. The Morgan fingerprint density at radius 2 is 1.65 bits per heavy atom. The molecule has 2 aromatic carbocycles. The van der Waals surface area contributed by atoms with E-state index in [-0.39, 0.29) is 5.91 Å². The van der Waals surface area contributed by atoms with Crippen LogP contribution in [-0.4, -0.2) is 15.3 Å². The number of carbonyl (C=O) groups excluding carboxylic acids is 1. The second kappa shape index (κ2) is 8.16. The molecule has 5 heteroatoms. The van der Waals surface area contributed by atoms with Gasteiger partial charge < -0.3 is 14.1 Å². The summed E-state index contributed by atoms with van der Waals surface area (Å²) in [6, 6.07) is 25.9. The number of carbonyl (C=O) groups is 1. The standard InChI is InChI=1S/C26H19N3O2/c30-25(15-14-22-8-5-17-31-22)27-23-9-4-16-29-18-24(28-26(23)29)21-12-10-20(11-13-21)19-6-2-1-3-7-19/h1-18H,(H,27,30)/b15-14+. The number of benzene rings is 2. The van der Waals surface area contributed by atoms with Gasteiger partial charge in [0.1, 0.15) is 5.76 Å². The molecule has 0 saturated heterocycles. The molecule has 0 saturated carbocycles. The van der Waals surface area contributed by atoms with Gasteiger partial charge in [-0.05, 0) is 41.5 Å². The number of furan rings is 1. The molecule has 1 amide bonds. The van der Waals surface area contributed by atoms with Crippen molar-refractivity contribution in [1.82, 2.24) is 9.38 Å². The zero-order valence-electron chi connectivity index (χ0n) is 16.6. The van der Waals surface area contributed by atoms with Gasteiger partial charge in [-0.25, -0.2) is 4.98 Å². The highest BCUT2D eigenvalue weighted by atomic mass is 16.3.